The molecule has 0 amide bonds. The third-order valence-corrected chi connectivity index (χ3v) is 2.53. The summed E-state index contributed by atoms with van der Waals surface area (Å²) < 4.78 is 0. The van der Waals surface area contributed by atoms with Crippen molar-refractivity contribution in [2.75, 3.05) is 0 Å². The fourth-order valence-electron chi connectivity index (χ4n) is 1.55. The zero-order valence-corrected chi connectivity index (χ0v) is 9.40. The Kier molecular flexibility index (Phi) is 3.31. The minimum atomic E-state index is 0.414. The lowest BCUT2D eigenvalue weighted by Crippen LogP contribution is -1.98. The number of nitrogens with zero attached hydrogens (tertiary/aromatic N) is 2. The summed E-state index contributed by atoms with van der Waals surface area (Å²) in [4.78, 5) is 4.27. The van der Waals surface area contributed by atoms with Gasteiger partial charge in [0.1, 0.15) is 5.82 Å². The van der Waals surface area contributed by atoms with Crippen molar-refractivity contribution in [3.8, 4) is 0 Å². The van der Waals surface area contributed by atoms with Crippen molar-refractivity contribution in [1.82, 2.24) is 15.2 Å². The van der Waals surface area contributed by atoms with Crippen LogP contribution in [-0.2, 0) is 19.4 Å². The van der Waals surface area contributed by atoms with Crippen LogP contribution in [0.3, 0.4) is 0 Å². The van der Waals surface area contributed by atoms with Gasteiger partial charge < -0.3 is 5.73 Å². The minimum absolute atomic E-state index is 0.414. The van der Waals surface area contributed by atoms with Gasteiger partial charge in [0.05, 0.1) is 6.54 Å². The normalized spacial score (nSPS) is 10.6. The molecule has 0 spiro atoms. The van der Waals surface area contributed by atoms with E-state index in [-0.39, 0.29) is 0 Å². The van der Waals surface area contributed by atoms with E-state index in [1.165, 1.54) is 11.1 Å². The summed E-state index contributed by atoms with van der Waals surface area (Å²) in [6, 6.07) is 8.54. The topological polar surface area (TPSA) is 67.6 Å². The molecule has 0 unspecified atom stereocenters. The molecule has 0 saturated carbocycles. The van der Waals surface area contributed by atoms with Crippen LogP contribution in [0.15, 0.2) is 24.3 Å². The molecule has 84 valence electrons. The van der Waals surface area contributed by atoms with E-state index in [9.17, 15) is 0 Å². The molecule has 1 heterocycles. The largest absolute Gasteiger partial charge is 0.324 e. The first-order chi connectivity index (χ1) is 7.78. The molecule has 0 aliphatic rings. The lowest BCUT2D eigenvalue weighted by atomic mass is 10.1. The van der Waals surface area contributed by atoms with E-state index in [0.717, 1.165) is 24.5 Å². The van der Waals surface area contributed by atoms with Crippen molar-refractivity contribution < 1.29 is 0 Å². The van der Waals surface area contributed by atoms with Crippen LogP contribution in [-0.4, -0.2) is 15.2 Å². The first-order valence-corrected chi connectivity index (χ1v) is 5.43. The quantitative estimate of drug-likeness (QED) is 0.810. The van der Waals surface area contributed by atoms with Gasteiger partial charge in [0.15, 0.2) is 5.82 Å². The maximum absolute atomic E-state index is 5.45. The smallest absolute Gasteiger partial charge is 0.151 e. The molecule has 0 aliphatic carbocycles. The second-order valence-corrected chi connectivity index (χ2v) is 3.89. The molecule has 2 rings (SSSR count). The van der Waals surface area contributed by atoms with Crippen molar-refractivity contribution in [3.05, 3.63) is 47.0 Å². The first-order valence-electron chi connectivity index (χ1n) is 5.43. The summed E-state index contributed by atoms with van der Waals surface area (Å²) in [5.74, 6) is 1.58. The number of aryl methyl sites for hydroxylation is 3. The highest BCUT2D eigenvalue weighted by Gasteiger charge is 2.02. The molecular weight excluding hydrogens is 200 g/mol. The Labute approximate surface area is 94.9 Å². The van der Waals surface area contributed by atoms with Gasteiger partial charge in [0.25, 0.3) is 0 Å². The number of hydrogen-bond donors (Lipinski definition) is 2. The van der Waals surface area contributed by atoms with Gasteiger partial charge in [0, 0.05) is 6.42 Å². The standard InChI is InChI=1S/C12H16N4/c1-9-2-4-10(5-3-9)6-7-11-14-12(8-13)16-15-11/h2-5H,6-8,13H2,1H3,(H,14,15,16). The van der Waals surface area contributed by atoms with Gasteiger partial charge in [-0.2, -0.15) is 5.10 Å². The van der Waals surface area contributed by atoms with E-state index in [1.807, 2.05) is 0 Å². The van der Waals surface area contributed by atoms with E-state index in [0.29, 0.717) is 6.54 Å². The highest BCUT2D eigenvalue weighted by molar-refractivity contribution is 5.21. The van der Waals surface area contributed by atoms with Crippen molar-refractivity contribution >= 4 is 0 Å². The van der Waals surface area contributed by atoms with E-state index in [1.54, 1.807) is 0 Å². The molecule has 0 aliphatic heterocycles. The molecule has 0 fully saturated rings. The van der Waals surface area contributed by atoms with Crippen LogP contribution in [0.25, 0.3) is 0 Å². The Balaban J connectivity index is 1.94. The summed E-state index contributed by atoms with van der Waals surface area (Å²) in [5, 5.41) is 6.92. The molecule has 0 atom stereocenters. The third kappa shape index (κ3) is 2.67. The van der Waals surface area contributed by atoms with Gasteiger partial charge in [-0.15, -0.1) is 0 Å². The fraction of sp³-hybridized carbons (Fsp3) is 0.333. The zero-order valence-electron chi connectivity index (χ0n) is 9.40. The Morgan fingerprint density at radius 2 is 1.94 bits per heavy atom. The molecule has 2 aromatic rings. The minimum Gasteiger partial charge on any atom is -0.324 e. The number of H-pyrrole nitrogens is 1. The summed E-state index contributed by atoms with van der Waals surface area (Å²) in [7, 11) is 0. The Hall–Kier alpha value is -1.68. The number of nitrogens with two attached hydrogens (primary N) is 1. The van der Waals surface area contributed by atoms with Crippen LogP contribution >= 0.6 is 0 Å². The molecule has 0 bridgehead atoms. The molecule has 1 aromatic carbocycles. The van der Waals surface area contributed by atoms with Crippen LogP contribution in [0.5, 0.6) is 0 Å². The Morgan fingerprint density at radius 1 is 1.19 bits per heavy atom. The van der Waals surface area contributed by atoms with Gasteiger partial charge in [-0.25, -0.2) is 4.98 Å². The number of benzene rings is 1. The molecule has 3 N–H and O–H groups in total. The highest BCUT2D eigenvalue weighted by Crippen LogP contribution is 2.06. The van der Waals surface area contributed by atoms with E-state index in [2.05, 4.69) is 46.4 Å². The van der Waals surface area contributed by atoms with Crippen molar-refractivity contribution in [1.29, 1.82) is 0 Å². The summed E-state index contributed by atoms with van der Waals surface area (Å²) in [5.41, 5.74) is 8.05. The maximum Gasteiger partial charge on any atom is 0.151 e. The average molecular weight is 216 g/mol. The number of aromatic nitrogens is 3. The number of rotatable bonds is 4. The molecule has 4 heteroatoms. The van der Waals surface area contributed by atoms with E-state index >= 15 is 0 Å². The van der Waals surface area contributed by atoms with Crippen LogP contribution in [0, 0.1) is 6.92 Å². The molecule has 0 saturated heterocycles. The summed E-state index contributed by atoms with van der Waals surface area (Å²) >= 11 is 0. The van der Waals surface area contributed by atoms with Crippen LogP contribution in [0.1, 0.15) is 22.8 Å². The van der Waals surface area contributed by atoms with Crippen LogP contribution in [0.2, 0.25) is 0 Å². The number of nitrogens with one attached hydrogen (secondary N) is 1. The van der Waals surface area contributed by atoms with Crippen molar-refractivity contribution in [3.63, 3.8) is 0 Å². The molecule has 16 heavy (non-hydrogen) atoms. The second-order valence-electron chi connectivity index (χ2n) is 3.89. The second kappa shape index (κ2) is 4.90. The fourth-order valence-corrected chi connectivity index (χ4v) is 1.55. The van der Waals surface area contributed by atoms with Crippen LogP contribution in [0.4, 0.5) is 0 Å². The monoisotopic (exact) mass is 216 g/mol. The average Bonchev–Trinajstić information content (AvgIpc) is 2.76. The van der Waals surface area contributed by atoms with Crippen LogP contribution < -0.4 is 5.73 Å². The van der Waals surface area contributed by atoms with Crippen molar-refractivity contribution in [2.24, 2.45) is 5.73 Å². The molecule has 0 radical (unpaired) electrons. The summed E-state index contributed by atoms with van der Waals surface area (Å²) in [6.07, 6.45) is 1.81. The third-order valence-electron chi connectivity index (χ3n) is 2.53. The van der Waals surface area contributed by atoms with Gasteiger partial charge in [-0.05, 0) is 18.9 Å². The SMILES string of the molecule is Cc1ccc(CCc2n[nH]c(CN)n2)cc1. The predicted molar refractivity (Wildman–Crippen MR) is 62.9 cm³/mol. The van der Waals surface area contributed by atoms with Gasteiger partial charge in [-0.1, -0.05) is 29.8 Å². The van der Waals surface area contributed by atoms with Crippen molar-refractivity contribution in [2.45, 2.75) is 26.3 Å². The lowest BCUT2D eigenvalue weighted by Gasteiger charge is -1.99. The number of aromatic amines is 1. The van der Waals surface area contributed by atoms with Gasteiger partial charge in [0.2, 0.25) is 0 Å². The highest BCUT2D eigenvalue weighted by atomic mass is 15.2. The van der Waals surface area contributed by atoms with Gasteiger partial charge >= 0.3 is 0 Å². The maximum atomic E-state index is 5.45. The Morgan fingerprint density at radius 3 is 2.56 bits per heavy atom. The molecular formula is C12H16N4. The summed E-state index contributed by atoms with van der Waals surface area (Å²) in [6.45, 7) is 2.50. The number of hydrogen-bond acceptors (Lipinski definition) is 3. The molecule has 4 nitrogen and oxygen atoms in total. The van der Waals surface area contributed by atoms with E-state index < -0.39 is 0 Å². The zero-order chi connectivity index (χ0) is 11.4. The predicted octanol–water partition coefficient (Wildman–Crippen LogP) is 1.36. The first kappa shape index (κ1) is 10.8. The lowest BCUT2D eigenvalue weighted by molar-refractivity contribution is 0.864. The van der Waals surface area contributed by atoms with Gasteiger partial charge in [-0.3, -0.25) is 5.10 Å². The van der Waals surface area contributed by atoms with E-state index in [4.69, 9.17) is 5.73 Å². The Bertz CT molecular complexity index is 444. The molecule has 1 aromatic heterocycles.